The van der Waals surface area contributed by atoms with Crippen LogP contribution in [0, 0.1) is 0 Å². The molecule has 0 bridgehead atoms. The van der Waals surface area contributed by atoms with Gasteiger partial charge in [0.15, 0.2) is 0 Å². The second kappa shape index (κ2) is 3.29. The minimum absolute atomic E-state index is 0.297. The quantitative estimate of drug-likeness (QED) is 0.722. The van der Waals surface area contributed by atoms with Crippen molar-refractivity contribution >= 4 is 0 Å². The molecule has 3 aliphatic rings. The Morgan fingerprint density at radius 1 is 1.06 bits per heavy atom. The number of rotatable bonds is 4. The van der Waals surface area contributed by atoms with Crippen molar-refractivity contribution in [2.45, 2.75) is 36.9 Å². The molecule has 1 aromatic carbocycles. The lowest BCUT2D eigenvalue weighted by Gasteiger charge is -1.93. The Morgan fingerprint density at radius 3 is 2.62 bits per heavy atom. The third kappa shape index (κ3) is 1.65. The highest BCUT2D eigenvalue weighted by Gasteiger charge is 2.54. The SMILES string of the molecule is c1ccc(C2OC2CC2OC2C2CO2)cc1. The van der Waals surface area contributed by atoms with Crippen molar-refractivity contribution < 1.29 is 14.2 Å². The maximum Gasteiger partial charge on any atom is 0.113 e. The van der Waals surface area contributed by atoms with Gasteiger partial charge in [-0.3, -0.25) is 0 Å². The molecule has 3 heteroatoms. The van der Waals surface area contributed by atoms with Gasteiger partial charge < -0.3 is 14.2 Å². The van der Waals surface area contributed by atoms with Crippen LogP contribution < -0.4 is 0 Å². The summed E-state index contributed by atoms with van der Waals surface area (Å²) in [6.45, 7) is 0.884. The van der Waals surface area contributed by atoms with E-state index >= 15 is 0 Å². The molecule has 3 heterocycles. The van der Waals surface area contributed by atoms with Gasteiger partial charge in [0.2, 0.25) is 0 Å². The summed E-state index contributed by atoms with van der Waals surface area (Å²) in [6, 6.07) is 10.4. The normalized spacial score (nSPS) is 44.1. The van der Waals surface area contributed by atoms with Crippen molar-refractivity contribution in [3.05, 3.63) is 35.9 Å². The fourth-order valence-electron chi connectivity index (χ4n) is 2.41. The van der Waals surface area contributed by atoms with E-state index in [9.17, 15) is 0 Å². The molecule has 3 aliphatic heterocycles. The second-order valence-electron chi connectivity index (χ2n) is 4.75. The largest absolute Gasteiger partial charge is 0.370 e. The van der Waals surface area contributed by atoms with Crippen LogP contribution >= 0.6 is 0 Å². The predicted octanol–water partition coefficient (Wildman–Crippen LogP) is 1.68. The van der Waals surface area contributed by atoms with E-state index in [1.54, 1.807) is 0 Å². The first-order valence-corrected chi connectivity index (χ1v) is 5.89. The molecule has 0 aliphatic carbocycles. The van der Waals surface area contributed by atoms with E-state index < -0.39 is 0 Å². The third-order valence-corrected chi connectivity index (χ3v) is 3.52. The van der Waals surface area contributed by atoms with Gasteiger partial charge in [0, 0.05) is 6.42 Å². The van der Waals surface area contributed by atoms with Crippen LogP contribution in [0.3, 0.4) is 0 Å². The highest BCUT2D eigenvalue weighted by atomic mass is 16.7. The molecule has 3 fully saturated rings. The molecule has 0 amide bonds. The highest BCUT2D eigenvalue weighted by Crippen LogP contribution is 2.46. The van der Waals surface area contributed by atoms with Gasteiger partial charge in [0.05, 0.1) is 18.8 Å². The van der Waals surface area contributed by atoms with E-state index in [0.717, 1.165) is 13.0 Å². The summed E-state index contributed by atoms with van der Waals surface area (Å²) in [5.74, 6) is 0. The zero-order valence-electron chi connectivity index (χ0n) is 8.91. The fraction of sp³-hybridized carbons (Fsp3) is 0.538. The number of benzene rings is 1. The van der Waals surface area contributed by atoms with Crippen LogP contribution in [0.5, 0.6) is 0 Å². The van der Waals surface area contributed by atoms with Gasteiger partial charge in [-0.25, -0.2) is 0 Å². The second-order valence-corrected chi connectivity index (χ2v) is 4.75. The molecule has 0 N–H and O–H groups in total. The number of epoxide rings is 3. The van der Waals surface area contributed by atoms with Gasteiger partial charge in [-0.05, 0) is 5.56 Å². The zero-order valence-corrected chi connectivity index (χ0v) is 8.91. The standard InChI is InChI=1S/C13H14O3/c1-2-4-8(5-3-1)12-9(15-12)6-10-13(16-10)11-7-14-11/h1-5,9-13H,6-7H2. The van der Waals surface area contributed by atoms with Crippen molar-refractivity contribution in [3.63, 3.8) is 0 Å². The molecule has 3 saturated heterocycles. The van der Waals surface area contributed by atoms with E-state index in [0.29, 0.717) is 30.5 Å². The maximum atomic E-state index is 5.68. The summed E-state index contributed by atoms with van der Waals surface area (Å²) >= 11 is 0. The van der Waals surface area contributed by atoms with Crippen molar-refractivity contribution in [1.82, 2.24) is 0 Å². The Hall–Kier alpha value is -0.900. The van der Waals surface area contributed by atoms with Gasteiger partial charge >= 0.3 is 0 Å². The fourth-order valence-corrected chi connectivity index (χ4v) is 2.41. The van der Waals surface area contributed by atoms with E-state index in [1.165, 1.54) is 5.56 Å². The molecule has 0 radical (unpaired) electrons. The van der Waals surface area contributed by atoms with Gasteiger partial charge in [-0.2, -0.15) is 0 Å². The average molecular weight is 218 g/mol. The average Bonchev–Trinajstić information content (AvgIpc) is 3.16. The molecule has 84 valence electrons. The lowest BCUT2D eigenvalue weighted by Crippen LogP contribution is -2.04. The van der Waals surface area contributed by atoms with Crippen LogP contribution in [0.25, 0.3) is 0 Å². The summed E-state index contributed by atoms with van der Waals surface area (Å²) in [6.07, 6.45) is 2.80. The maximum absolute atomic E-state index is 5.68. The number of ether oxygens (including phenoxy) is 3. The molecule has 0 saturated carbocycles. The molecular formula is C13H14O3. The zero-order chi connectivity index (χ0) is 10.5. The molecular weight excluding hydrogens is 204 g/mol. The highest BCUT2D eigenvalue weighted by molar-refractivity contribution is 5.22. The van der Waals surface area contributed by atoms with Gasteiger partial charge in [0.1, 0.15) is 18.3 Å². The van der Waals surface area contributed by atoms with Crippen LogP contribution in [-0.2, 0) is 14.2 Å². The van der Waals surface area contributed by atoms with Crippen LogP contribution in [0.4, 0.5) is 0 Å². The minimum atomic E-state index is 0.297. The molecule has 0 spiro atoms. The van der Waals surface area contributed by atoms with Crippen LogP contribution in [0.2, 0.25) is 0 Å². The molecule has 5 unspecified atom stereocenters. The minimum Gasteiger partial charge on any atom is -0.370 e. The molecule has 0 aromatic heterocycles. The smallest absolute Gasteiger partial charge is 0.113 e. The number of hydrogen-bond donors (Lipinski definition) is 0. The van der Waals surface area contributed by atoms with E-state index in [4.69, 9.17) is 14.2 Å². The van der Waals surface area contributed by atoms with Gasteiger partial charge in [0.25, 0.3) is 0 Å². The number of hydrogen-bond acceptors (Lipinski definition) is 3. The summed E-state index contributed by atoms with van der Waals surface area (Å²) in [5.41, 5.74) is 1.28. The Balaban J connectivity index is 1.32. The van der Waals surface area contributed by atoms with E-state index in [-0.39, 0.29) is 0 Å². The van der Waals surface area contributed by atoms with Crippen molar-refractivity contribution in [2.75, 3.05) is 6.61 Å². The van der Waals surface area contributed by atoms with Crippen LogP contribution in [-0.4, -0.2) is 31.0 Å². The Bertz CT molecular complexity index is 387. The molecule has 5 atom stereocenters. The summed E-state index contributed by atoms with van der Waals surface area (Å²) in [5, 5.41) is 0. The first kappa shape index (κ1) is 9.16. The van der Waals surface area contributed by atoms with E-state index in [2.05, 4.69) is 24.3 Å². The van der Waals surface area contributed by atoms with Gasteiger partial charge in [-0.15, -0.1) is 0 Å². The summed E-state index contributed by atoms with van der Waals surface area (Å²) in [4.78, 5) is 0. The van der Waals surface area contributed by atoms with Crippen molar-refractivity contribution in [1.29, 1.82) is 0 Å². The Labute approximate surface area is 94.3 Å². The lowest BCUT2D eigenvalue weighted by molar-refractivity contribution is 0.303. The monoisotopic (exact) mass is 218 g/mol. The molecule has 1 aromatic rings. The topological polar surface area (TPSA) is 37.6 Å². The summed E-state index contributed by atoms with van der Waals surface area (Å²) < 4.78 is 16.5. The molecule has 3 nitrogen and oxygen atoms in total. The first-order chi connectivity index (χ1) is 7.92. The predicted molar refractivity (Wildman–Crippen MR) is 57.1 cm³/mol. The third-order valence-electron chi connectivity index (χ3n) is 3.52. The van der Waals surface area contributed by atoms with Crippen molar-refractivity contribution in [3.8, 4) is 0 Å². The van der Waals surface area contributed by atoms with Crippen LogP contribution in [0.1, 0.15) is 18.1 Å². The first-order valence-electron chi connectivity index (χ1n) is 5.89. The van der Waals surface area contributed by atoms with Crippen LogP contribution in [0.15, 0.2) is 30.3 Å². The van der Waals surface area contributed by atoms with E-state index in [1.807, 2.05) is 6.07 Å². The Morgan fingerprint density at radius 2 is 1.88 bits per heavy atom. The lowest BCUT2D eigenvalue weighted by atomic mass is 10.1. The van der Waals surface area contributed by atoms with Gasteiger partial charge in [-0.1, -0.05) is 30.3 Å². The Kier molecular flexibility index (Phi) is 1.89. The summed E-state index contributed by atoms with van der Waals surface area (Å²) in [7, 11) is 0. The van der Waals surface area contributed by atoms with Crippen molar-refractivity contribution in [2.24, 2.45) is 0 Å². The molecule has 4 rings (SSSR count). The molecule has 16 heavy (non-hydrogen) atoms.